The number of aryl methyl sites for hydroxylation is 2. The van der Waals surface area contributed by atoms with Gasteiger partial charge in [0.05, 0.1) is 0 Å². The van der Waals surface area contributed by atoms with Crippen molar-refractivity contribution in [2.24, 2.45) is 0 Å². The molecular weight excluding hydrogens is 408 g/mol. The van der Waals surface area contributed by atoms with Gasteiger partial charge in [-0.25, -0.2) is 9.59 Å². The van der Waals surface area contributed by atoms with E-state index in [4.69, 9.17) is 9.47 Å². The van der Waals surface area contributed by atoms with Crippen molar-refractivity contribution in [2.75, 3.05) is 0 Å². The molecule has 6 nitrogen and oxygen atoms in total. The molecular formula is C26H34O6. The molecule has 2 aromatic carbocycles. The summed E-state index contributed by atoms with van der Waals surface area (Å²) < 4.78 is 10.8. The fourth-order valence-electron chi connectivity index (χ4n) is 2.40. The van der Waals surface area contributed by atoms with Crippen LogP contribution in [0.1, 0.15) is 49.9 Å². The lowest BCUT2D eigenvalue weighted by atomic mass is 10.1. The van der Waals surface area contributed by atoms with Gasteiger partial charge < -0.3 is 19.7 Å². The molecule has 32 heavy (non-hydrogen) atoms. The van der Waals surface area contributed by atoms with Crippen molar-refractivity contribution >= 4 is 23.5 Å². The summed E-state index contributed by atoms with van der Waals surface area (Å²) in [6.07, 6.45) is -3.62. The van der Waals surface area contributed by atoms with E-state index < -0.39 is 24.1 Å². The van der Waals surface area contributed by atoms with Gasteiger partial charge in [-0.1, -0.05) is 101 Å². The number of carboxylic acid groups (broad SMARTS) is 2. The maximum atomic E-state index is 11.7. The monoisotopic (exact) mass is 442 g/mol. The summed E-state index contributed by atoms with van der Waals surface area (Å²) >= 11 is 0. The van der Waals surface area contributed by atoms with Crippen LogP contribution in [0.5, 0.6) is 0 Å². The highest BCUT2D eigenvalue weighted by Gasteiger charge is 2.39. The average molecular weight is 443 g/mol. The molecule has 0 heterocycles. The molecule has 0 radical (unpaired) electrons. The van der Waals surface area contributed by atoms with Crippen LogP contribution < -0.4 is 0 Å². The van der Waals surface area contributed by atoms with E-state index in [0.717, 1.165) is 11.1 Å². The summed E-state index contributed by atoms with van der Waals surface area (Å²) in [5.41, 5.74) is 3.09. The minimum absolute atomic E-state index is 0.0307. The summed E-state index contributed by atoms with van der Waals surface area (Å²) in [6.45, 7) is 19.2. The van der Waals surface area contributed by atoms with Crippen molar-refractivity contribution in [3.05, 3.63) is 83.9 Å². The Bertz CT molecular complexity index is 806. The molecule has 0 aromatic heterocycles. The number of rotatable bonds is 9. The molecule has 6 heteroatoms. The molecule has 2 N–H and O–H groups in total. The van der Waals surface area contributed by atoms with Crippen LogP contribution >= 0.6 is 0 Å². The minimum atomic E-state index is -1.81. The molecule has 0 bridgehead atoms. The smallest absolute Gasteiger partial charge is 0.349 e. The Kier molecular flexibility index (Phi) is 12.9. The number of ether oxygens (including phenoxy) is 2. The molecule has 0 aliphatic carbocycles. The van der Waals surface area contributed by atoms with E-state index in [0.29, 0.717) is 11.1 Å². The van der Waals surface area contributed by atoms with Crippen molar-refractivity contribution in [2.45, 2.75) is 53.8 Å². The first-order valence-corrected chi connectivity index (χ1v) is 10.5. The predicted molar refractivity (Wildman–Crippen MR) is 128 cm³/mol. The van der Waals surface area contributed by atoms with Crippen LogP contribution in [0.2, 0.25) is 0 Å². The molecule has 0 unspecified atom stereocenters. The molecule has 0 aliphatic heterocycles. The summed E-state index contributed by atoms with van der Waals surface area (Å²) in [5, 5.41) is 19.0. The molecule has 2 aromatic rings. The van der Waals surface area contributed by atoms with Gasteiger partial charge in [0.15, 0.2) is 0 Å². The fourth-order valence-corrected chi connectivity index (χ4v) is 2.40. The first-order valence-electron chi connectivity index (χ1n) is 10.5. The second-order valence-corrected chi connectivity index (χ2v) is 6.33. The number of hydrogen-bond acceptors (Lipinski definition) is 4. The highest BCUT2D eigenvalue weighted by molar-refractivity contribution is 5.85. The van der Waals surface area contributed by atoms with Crippen molar-refractivity contribution in [1.29, 1.82) is 0 Å². The molecule has 0 amide bonds. The van der Waals surface area contributed by atoms with Gasteiger partial charge in [0, 0.05) is 11.1 Å². The van der Waals surface area contributed by atoms with Crippen LogP contribution in [0, 0.1) is 13.8 Å². The van der Waals surface area contributed by atoms with Gasteiger partial charge in [-0.3, -0.25) is 0 Å². The molecule has 0 saturated carbocycles. The van der Waals surface area contributed by atoms with Gasteiger partial charge in [-0.15, -0.1) is 0 Å². The molecule has 2 rings (SSSR count). The first-order chi connectivity index (χ1) is 15.2. The summed E-state index contributed by atoms with van der Waals surface area (Å²) in [4.78, 5) is 23.4. The summed E-state index contributed by atoms with van der Waals surface area (Å²) in [5.74, 6) is -2.92. The number of aliphatic carboxylic acids is 2. The van der Waals surface area contributed by atoms with E-state index in [1.165, 1.54) is 0 Å². The average Bonchev–Trinajstić information content (AvgIpc) is 2.79. The zero-order chi connectivity index (χ0) is 24.8. The van der Waals surface area contributed by atoms with Gasteiger partial charge in [0.1, 0.15) is 11.5 Å². The molecule has 174 valence electrons. The second kappa shape index (κ2) is 14.5. The van der Waals surface area contributed by atoms with Gasteiger partial charge in [-0.05, 0) is 13.8 Å². The van der Waals surface area contributed by atoms with Crippen LogP contribution in [-0.2, 0) is 19.1 Å². The quantitative estimate of drug-likeness (QED) is 0.467. The Balaban J connectivity index is 0.00000227. The third-order valence-electron chi connectivity index (χ3n) is 4.05. The normalized spacial score (nSPS) is 11.3. The predicted octanol–water partition coefficient (Wildman–Crippen LogP) is 5.94. The summed E-state index contributed by atoms with van der Waals surface area (Å²) in [7, 11) is 0. The van der Waals surface area contributed by atoms with Gasteiger partial charge in [-0.2, -0.15) is 0 Å². The van der Waals surface area contributed by atoms with E-state index in [1.54, 1.807) is 24.3 Å². The third-order valence-corrected chi connectivity index (χ3v) is 4.05. The lowest BCUT2D eigenvalue weighted by Crippen LogP contribution is -2.43. The Morgan fingerprint density at radius 2 is 0.906 bits per heavy atom. The maximum Gasteiger partial charge on any atom is 0.349 e. The zero-order valence-corrected chi connectivity index (χ0v) is 19.7. The van der Waals surface area contributed by atoms with Crippen LogP contribution in [0.3, 0.4) is 0 Å². The van der Waals surface area contributed by atoms with Crippen molar-refractivity contribution in [1.82, 2.24) is 0 Å². The number of carboxylic acids is 2. The molecule has 0 spiro atoms. The van der Waals surface area contributed by atoms with Crippen LogP contribution in [0.15, 0.2) is 61.7 Å². The third kappa shape index (κ3) is 8.68. The number of hydrogen-bond donors (Lipinski definition) is 2. The highest BCUT2D eigenvalue weighted by Crippen LogP contribution is 2.23. The van der Waals surface area contributed by atoms with Crippen LogP contribution in [0.25, 0.3) is 11.5 Å². The summed E-state index contributed by atoms with van der Waals surface area (Å²) in [6, 6.07) is 14.1. The molecule has 0 fully saturated rings. The van der Waals surface area contributed by atoms with Gasteiger partial charge >= 0.3 is 11.9 Å². The Morgan fingerprint density at radius 3 is 1.12 bits per heavy atom. The Labute approximate surface area is 190 Å². The first kappa shape index (κ1) is 28.5. The topological polar surface area (TPSA) is 93.1 Å². The SMILES string of the molecule is C=C(O[C@@H](C(=O)O)[C@@H](OC(=C)c1ccc(C)cc1)C(=O)O)c1ccc(C)cc1.CC.CC. The lowest BCUT2D eigenvalue weighted by Gasteiger charge is -2.24. The number of benzene rings is 2. The van der Waals surface area contributed by atoms with E-state index in [9.17, 15) is 19.8 Å². The van der Waals surface area contributed by atoms with Crippen molar-refractivity contribution in [3.63, 3.8) is 0 Å². The minimum Gasteiger partial charge on any atom is -0.478 e. The Morgan fingerprint density at radius 1 is 0.656 bits per heavy atom. The van der Waals surface area contributed by atoms with E-state index in [2.05, 4.69) is 13.2 Å². The van der Waals surface area contributed by atoms with E-state index in [-0.39, 0.29) is 11.5 Å². The van der Waals surface area contributed by atoms with Crippen LogP contribution in [-0.4, -0.2) is 34.4 Å². The van der Waals surface area contributed by atoms with E-state index in [1.807, 2.05) is 65.8 Å². The van der Waals surface area contributed by atoms with Gasteiger partial charge in [0.25, 0.3) is 0 Å². The van der Waals surface area contributed by atoms with Crippen molar-refractivity contribution < 1.29 is 29.3 Å². The zero-order valence-electron chi connectivity index (χ0n) is 19.7. The number of carbonyl (C=O) groups is 2. The molecule has 0 aliphatic rings. The Hall–Kier alpha value is -3.54. The maximum absolute atomic E-state index is 11.7. The van der Waals surface area contributed by atoms with Crippen LogP contribution in [0.4, 0.5) is 0 Å². The standard InChI is InChI=1S/C22H22O6.2C2H6/c1-13-5-9-17(10-6-13)15(3)27-19(21(23)24)20(22(25)26)28-16(4)18-11-7-14(2)8-12-18;2*1-2/h5-12,19-20H,3-4H2,1-2H3,(H,23,24)(H,25,26);2*1-2H3/t19-,20-;;/m1../s1. The van der Waals surface area contributed by atoms with E-state index >= 15 is 0 Å². The molecule has 0 saturated heterocycles. The van der Waals surface area contributed by atoms with Gasteiger partial charge in [0.2, 0.25) is 12.2 Å². The van der Waals surface area contributed by atoms with Crippen molar-refractivity contribution in [3.8, 4) is 0 Å². The molecule has 2 atom stereocenters. The lowest BCUT2D eigenvalue weighted by molar-refractivity contribution is -0.165. The second-order valence-electron chi connectivity index (χ2n) is 6.33. The fraction of sp³-hybridized carbons (Fsp3) is 0.308. The highest BCUT2D eigenvalue weighted by atomic mass is 16.6. The largest absolute Gasteiger partial charge is 0.478 e.